The Hall–Kier alpha value is -3.73. The molecule has 150 valence electrons. The molecule has 0 fully saturated rings. The highest BCUT2D eigenvalue weighted by Crippen LogP contribution is 2.22. The molecule has 3 aromatic rings. The SMILES string of the molecule is CCN(Cc1ccccc1)c1ccc(/C=C2\N=C(c3cccc(F)c3)OC2=O)cc1. The van der Waals surface area contributed by atoms with Gasteiger partial charge >= 0.3 is 5.97 Å². The van der Waals surface area contributed by atoms with E-state index >= 15 is 0 Å². The number of benzene rings is 3. The Morgan fingerprint density at radius 1 is 1.00 bits per heavy atom. The van der Waals surface area contributed by atoms with E-state index < -0.39 is 11.8 Å². The smallest absolute Gasteiger partial charge is 0.363 e. The minimum absolute atomic E-state index is 0.113. The first-order valence-corrected chi connectivity index (χ1v) is 9.80. The maximum absolute atomic E-state index is 13.4. The summed E-state index contributed by atoms with van der Waals surface area (Å²) in [4.78, 5) is 18.7. The Bertz CT molecular complexity index is 1110. The van der Waals surface area contributed by atoms with Crippen molar-refractivity contribution in [3.05, 3.63) is 107 Å². The van der Waals surface area contributed by atoms with Crippen molar-refractivity contribution < 1.29 is 13.9 Å². The highest BCUT2D eigenvalue weighted by Gasteiger charge is 2.24. The van der Waals surface area contributed by atoms with Gasteiger partial charge in [-0.1, -0.05) is 48.5 Å². The van der Waals surface area contributed by atoms with Crippen molar-refractivity contribution >= 4 is 23.6 Å². The number of esters is 1. The summed E-state index contributed by atoms with van der Waals surface area (Å²) >= 11 is 0. The number of rotatable bonds is 6. The van der Waals surface area contributed by atoms with Crippen molar-refractivity contribution in [2.45, 2.75) is 13.5 Å². The molecule has 4 nitrogen and oxygen atoms in total. The standard InChI is InChI=1S/C25H21FN2O2/c1-2-28(17-19-7-4-3-5-8-19)22-13-11-18(12-14-22)15-23-25(29)30-24(27-23)20-9-6-10-21(26)16-20/h3-16H,2,17H2,1H3/b23-15-. The molecule has 0 unspecified atom stereocenters. The van der Waals surface area contributed by atoms with Gasteiger partial charge in [0.15, 0.2) is 5.70 Å². The maximum atomic E-state index is 13.4. The molecule has 0 N–H and O–H groups in total. The minimum atomic E-state index is -0.544. The summed E-state index contributed by atoms with van der Waals surface area (Å²) in [5.41, 5.74) is 3.81. The van der Waals surface area contributed by atoms with Gasteiger partial charge in [-0.3, -0.25) is 0 Å². The second kappa shape index (κ2) is 8.74. The Balaban J connectivity index is 1.52. The summed E-state index contributed by atoms with van der Waals surface area (Å²) in [6.45, 7) is 3.82. The fourth-order valence-corrected chi connectivity index (χ4v) is 3.28. The number of anilines is 1. The van der Waals surface area contributed by atoms with Gasteiger partial charge in [0.1, 0.15) is 5.82 Å². The summed E-state index contributed by atoms with van der Waals surface area (Å²) in [6, 6.07) is 24.1. The summed E-state index contributed by atoms with van der Waals surface area (Å²) in [5.74, 6) is -0.838. The number of cyclic esters (lactones) is 1. The number of aliphatic imine (C=N–C) groups is 1. The predicted octanol–water partition coefficient (Wildman–Crippen LogP) is 5.20. The molecule has 0 aliphatic carbocycles. The van der Waals surface area contributed by atoms with Crippen LogP contribution in [0.3, 0.4) is 0 Å². The monoisotopic (exact) mass is 400 g/mol. The Morgan fingerprint density at radius 3 is 2.47 bits per heavy atom. The molecule has 3 aromatic carbocycles. The molecule has 5 heteroatoms. The van der Waals surface area contributed by atoms with E-state index in [2.05, 4.69) is 28.9 Å². The zero-order chi connectivity index (χ0) is 20.9. The van der Waals surface area contributed by atoms with Crippen molar-refractivity contribution in [2.24, 2.45) is 4.99 Å². The van der Waals surface area contributed by atoms with E-state index in [1.807, 2.05) is 42.5 Å². The fourth-order valence-electron chi connectivity index (χ4n) is 3.28. The lowest BCUT2D eigenvalue weighted by atomic mass is 10.1. The van der Waals surface area contributed by atoms with E-state index in [1.165, 1.54) is 17.7 Å². The molecule has 0 saturated heterocycles. The van der Waals surface area contributed by atoms with E-state index in [4.69, 9.17) is 4.74 Å². The average Bonchev–Trinajstić information content (AvgIpc) is 3.14. The van der Waals surface area contributed by atoms with E-state index in [1.54, 1.807) is 18.2 Å². The van der Waals surface area contributed by atoms with Crippen LogP contribution in [0.15, 0.2) is 89.6 Å². The number of nitrogens with zero attached hydrogens (tertiary/aromatic N) is 2. The van der Waals surface area contributed by atoms with Crippen LogP contribution in [0, 0.1) is 5.82 Å². The third-order valence-electron chi connectivity index (χ3n) is 4.85. The topological polar surface area (TPSA) is 41.9 Å². The molecule has 1 aliphatic rings. The highest BCUT2D eigenvalue weighted by atomic mass is 19.1. The van der Waals surface area contributed by atoms with Gasteiger partial charge in [-0.05, 0) is 54.5 Å². The third-order valence-corrected chi connectivity index (χ3v) is 4.85. The molecular weight excluding hydrogens is 379 g/mol. The Labute approximate surface area is 175 Å². The normalized spacial score (nSPS) is 14.5. The van der Waals surface area contributed by atoms with Gasteiger partial charge in [0, 0.05) is 24.3 Å². The largest absolute Gasteiger partial charge is 0.402 e. The van der Waals surface area contributed by atoms with Crippen molar-refractivity contribution in [3.8, 4) is 0 Å². The van der Waals surface area contributed by atoms with Crippen LogP contribution in [0.2, 0.25) is 0 Å². The molecular formula is C25H21FN2O2. The molecule has 0 spiro atoms. The van der Waals surface area contributed by atoms with Crippen LogP contribution < -0.4 is 4.90 Å². The molecule has 1 aliphatic heterocycles. The van der Waals surface area contributed by atoms with Crippen LogP contribution in [0.5, 0.6) is 0 Å². The molecule has 0 radical (unpaired) electrons. The number of carbonyl (C=O) groups is 1. The second-order valence-corrected chi connectivity index (χ2v) is 6.94. The summed E-state index contributed by atoms with van der Waals surface area (Å²) in [6.07, 6.45) is 1.67. The first kappa shape index (κ1) is 19.6. The molecule has 0 atom stereocenters. The second-order valence-electron chi connectivity index (χ2n) is 6.94. The molecule has 30 heavy (non-hydrogen) atoms. The van der Waals surface area contributed by atoms with Crippen LogP contribution >= 0.6 is 0 Å². The zero-order valence-corrected chi connectivity index (χ0v) is 16.6. The Morgan fingerprint density at radius 2 is 1.77 bits per heavy atom. The first-order valence-electron chi connectivity index (χ1n) is 9.80. The lowest BCUT2D eigenvalue weighted by molar-refractivity contribution is -0.129. The molecule has 0 amide bonds. The summed E-state index contributed by atoms with van der Waals surface area (Å²) in [7, 11) is 0. The van der Waals surface area contributed by atoms with E-state index in [0.29, 0.717) is 5.56 Å². The number of halogens is 1. The fraction of sp³-hybridized carbons (Fsp3) is 0.120. The molecule has 0 bridgehead atoms. The van der Waals surface area contributed by atoms with Gasteiger partial charge in [-0.2, -0.15) is 0 Å². The van der Waals surface area contributed by atoms with Crippen LogP contribution in [0.1, 0.15) is 23.6 Å². The van der Waals surface area contributed by atoms with Crippen LogP contribution in [0.4, 0.5) is 10.1 Å². The van der Waals surface area contributed by atoms with E-state index in [0.717, 1.165) is 24.3 Å². The highest BCUT2D eigenvalue weighted by molar-refractivity contribution is 6.12. The van der Waals surface area contributed by atoms with Gasteiger partial charge in [0.2, 0.25) is 5.90 Å². The molecule has 0 aromatic heterocycles. The summed E-state index contributed by atoms with van der Waals surface area (Å²) < 4.78 is 18.6. The lowest BCUT2D eigenvalue weighted by Crippen LogP contribution is -2.21. The molecule has 4 rings (SSSR count). The number of hydrogen-bond donors (Lipinski definition) is 0. The van der Waals surface area contributed by atoms with Gasteiger partial charge in [0.25, 0.3) is 0 Å². The van der Waals surface area contributed by atoms with Gasteiger partial charge in [0.05, 0.1) is 0 Å². The van der Waals surface area contributed by atoms with Crippen molar-refractivity contribution in [1.29, 1.82) is 0 Å². The molecule has 1 heterocycles. The van der Waals surface area contributed by atoms with Gasteiger partial charge in [-0.25, -0.2) is 14.2 Å². The van der Waals surface area contributed by atoms with Crippen molar-refractivity contribution in [1.82, 2.24) is 0 Å². The zero-order valence-electron chi connectivity index (χ0n) is 16.6. The van der Waals surface area contributed by atoms with E-state index in [-0.39, 0.29) is 11.6 Å². The summed E-state index contributed by atoms with van der Waals surface area (Å²) in [5, 5.41) is 0. The number of ether oxygens (including phenoxy) is 1. The first-order chi connectivity index (χ1) is 14.6. The van der Waals surface area contributed by atoms with Gasteiger partial charge in [-0.15, -0.1) is 0 Å². The number of carbonyl (C=O) groups excluding carboxylic acids is 1. The van der Waals surface area contributed by atoms with Crippen LogP contribution in [-0.4, -0.2) is 18.4 Å². The van der Waals surface area contributed by atoms with Gasteiger partial charge < -0.3 is 9.64 Å². The lowest BCUT2D eigenvalue weighted by Gasteiger charge is -2.23. The van der Waals surface area contributed by atoms with Crippen molar-refractivity contribution in [2.75, 3.05) is 11.4 Å². The van der Waals surface area contributed by atoms with Crippen LogP contribution in [0.25, 0.3) is 6.08 Å². The number of hydrogen-bond acceptors (Lipinski definition) is 4. The predicted molar refractivity (Wildman–Crippen MR) is 117 cm³/mol. The van der Waals surface area contributed by atoms with Crippen molar-refractivity contribution in [3.63, 3.8) is 0 Å². The van der Waals surface area contributed by atoms with Crippen LogP contribution in [-0.2, 0) is 16.1 Å². The maximum Gasteiger partial charge on any atom is 0.363 e. The Kier molecular flexibility index (Phi) is 5.70. The quantitative estimate of drug-likeness (QED) is 0.422. The third kappa shape index (κ3) is 4.46. The average molecular weight is 400 g/mol. The minimum Gasteiger partial charge on any atom is -0.402 e. The molecule has 0 saturated carbocycles. The van der Waals surface area contributed by atoms with E-state index in [9.17, 15) is 9.18 Å².